The maximum atomic E-state index is 7.19. The highest BCUT2D eigenvalue weighted by Crippen LogP contribution is 2.42. The fraction of sp³-hybridized carbons (Fsp3) is 0.231. The van der Waals surface area contributed by atoms with Gasteiger partial charge in [0.2, 0.25) is 0 Å². The fourth-order valence-corrected chi connectivity index (χ4v) is 13.6. The third-order valence-corrected chi connectivity index (χ3v) is 15.3. The molecule has 0 atom stereocenters. The molecule has 29 heavy (non-hydrogen) atoms. The van der Waals surface area contributed by atoms with Gasteiger partial charge in [-0.15, -0.1) is 39.5 Å². The number of hydrogen-bond acceptors (Lipinski definition) is 1. The van der Waals surface area contributed by atoms with Crippen molar-refractivity contribution < 1.29 is 0 Å². The Morgan fingerprint density at radius 1 is 0.621 bits per heavy atom. The summed E-state index contributed by atoms with van der Waals surface area (Å²) in [7, 11) is -4.20. The lowest BCUT2D eigenvalue weighted by Gasteiger charge is -2.39. The van der Waals surface area contributed by atoms with Crippen LogP contribution < -0.4 is 5.73 Å². The van der Waals surface area contributed by atoms with E-state index in [1.165, 1.54) is 10.8 Å². The van der Waals surface area contributed by atoms with Crippen molar-refractivity contribution in [3.8, 4) is 0 Å². The Morgan fingerprint density at radius 2 is 0.966 bits per heavy atom. The molecule has 154 valence electrons. The first-order chi connectivity index (χ1) is 14.0. The topological polar surface area (TPSA) is 26.0 Å². The Labute approximate surface area is 180 Å². The van der Waals surface area contributed by atoms with E-state index in [9.17, 15) is 0 Å². The van der Waals surface area contributed by atoms with Crippen molar-refractivity contribution in [1.29, 1.82) is 0 Å². The van der Waals surface area contributed by atoms with Gasteiger partial charge in [0, 0.05) is 0 Å². The zero-order valence-corrected chi connectivity index (χ0v) is 19.9. The van der Waals surface area contributed by atoms with Gasteiger partial charge in [-0.25, -0.2) is 0 Å². The van der Waals surface area contributed by atoms with Crippen LogP contribution in [-0.4, -0.2) is 16.1 Å². The second-order valence-electron chi connectivity index (χ2n) is 7.67. The molecule has 1 nitrogen and oxygen atoms in total. The number of rotatable bonds is 15. The molecule has 0 saturated carbocycles. The summed E-state index contributed by atoms with van der Waals surface area (Å²) < 4.78 is 0. The van der Waals surface area contributed by atoms with Crippen LogP contribution in [0.25, 0.3) is 5.20 Å². The van der Waals surface area contributed by atoms with Crippen molar-refractivity contribution >= 4 is 21.3 Å². The van der Waals surface area contributed by atoms with E-state index < -0.39 is 16.1 Å². The normalized spacial score (nSPS) is 12.4. The van der Waals surface area contributed by atoms with Crippen molar-refractivity contribution in [2.75, 3.05) is 0 Å². The molecule has 1 aromatic carbocycles. The van der Waals surface area contributed by atoms with Crippen LogP contribution in [0.15, 0.2) is 112 Å². The van der Waals surface area contributed by atoms with E-state index in [0.29, 0.717) is 0 Å². The summed E-state index contributed by atoms with van der Waals surface area (Å²) in [6.45, 7) is 24.4. The fourth-order valence-electron chi connectivity index (χ4n) is 4.41. The molecule has 0 radical (unpaired) electrons. The third-order valence-electron chi connectivity index (χ3n) is 5.64. The van der Waals surface area contributed by atoms with Crippen LogP contribution in [0.1, 0.15) is 5.56 Å². The molecule has 0 aliphatic heterocycles. The largest absolute Gasteiger partial charge is 0.406 e. The van der Waals surface area contributed by atoms with Gasteiger partial charge in [0.25, 0.3) is 0 Å². The second kappa shape index (κ2) is 12.3. The van der Waals surface area contributed by atoms with E-state index in [-0.39, 0.29) is 0 Å². The number of allylic oxidation sites excluding steroid dienone is 6. The minimum Gasteiger partial charge on any atom is -0.406 e. The Kier molecular flexibility index (Phi) is 10.4. The number of nitrogens with two attached hydrogens (primary N) is 1. The van der Waals surface area contributed by atoms with Crippen LogP contribution in [0.3, 0.4) is 0 Å². The molecular weight excluding hydrogens is 382 g/mol. The minimum absolute atomic E-state index is 0.911. The molecule has 1 aromatic rings. The van der Waals surface area contributed by atoms with Crippen molar-refractivity contribution in [1.82, 2.24) is 0 Å². The first kappa shape index (κ1) is 24.7. The van der Waals surface area contributed by atoms with Crippen LogP contribution in [0, 0.1) is 0 Å². The lowest BCUT2D eigenvalue weighted by Crippen LogP contribution is -2.45. The lowest BCUT2D eigenvalue weighted by molar-refractivity contribution is 1.29. The lowest BCUT2D eigenvalue weighted by atomic mass is 10.2. The van der Waals surface area contributed by atoms with Gasteiger partial charge in [0.1, 0.15) is 16.1 Å². The van der Waals surface area contributed by atoms with Crippen molar-refractivity contribution in [2.45, 2.75) is 36.3 Å². The summed E-state index contributed by atoms with van der Waals surface area (Å²) in [5, 5.41) is 2.41. The summed E-state index contributed by atoms with van der Waals surface area (Å²) in [5.41, 5.74) is 8.41. The molecule has 0 heterocycles. The van der Waals surface area contributed by atoms with E-state index in [2.05, 4.69) is 69.8 Å². The van der Waals surface area contributed by atoms with Crippen LogP contribution in [0.5, 0.6) is 0 Å². The molecule has 0 amide bonds. The summed E-state index contributed by atoms with van der Waals surface area (Å²) in [6, 6.07) is 16.2. The quantitative estimate of drug-likeness (QED) is 0.232. The van der Waals surface area contributed by atoms with E-state index in [1.807, 2.05) is 36.5 Å². The van der Waals surface area contributed by atoms with Crippen LogP contribution in [0.2, 0.25) is 36.3 Å². The summed E-state index contributed by atoms with van der Waals surface area (Å²) in [5.74, 6) is 0. The molecule has 0 aliphatic carbocycles. The Hall–Kier alpha value is -2.37. The van der Waals surface area contributed by atoms with Crippen LogP contribution in [-0.2, 0) is 0 Å². The second-order valence-corrected chi connectivity index (χ2v) is 16.3. The molecule has 3 heteroatoms. The average molecular weight is 420 g/mol. The van der Waals surface area contributed by atoms with Crippen LogP contribution >= 0.6 is 0 Å². The van der Waals surface area contributed by atoms with E-state index in [0.717, 1.165) is 41.6 Å². The monoisotopic (exact) mass is 419 g/mol. The zero-order valence-electron chi connectivity index (χ0n) is 17.9. The predicted octanol–water partition coefficient (Wildman–Crippen LogP) is 7.45. The zero-order chi connectivity index (χ0) is 21.8. The van der Waals surface area contributed by atoms with Crippen LogP contribution in [0.4, 0.5) is 0 Å². The molecule has 0 unspecified atom stereocenters. The highest BCUT2D eigenvalue weighted by Gasteiger charge is 2.42. The molecule has 0 spiro atoms. The standard InChI is InChI=1S/C26H37NSi2/c1-7-18-28(19-8-2,20-9-3)25(24-16-14-13-15-17-24)26(27)29(21-10-4,22-11-5)23-12-6/h7-17H,1-6,18-23,27H2. The molecule has 0 aromatic heterocycles. The van der Waals surface area contributed by atoms with Crippen molar-refractivity contribution in [3.63, 3.8) is 0 Å². The van der Waals surface area contributed by atoms with Gasteiger partial charge in [-0.3, -0.25) is 0 Å². The summed E-state index contributed by atoms with van der Waals surface area (Å²) in [6.07, 6.45) is 12.2. The molecule has 0 saturated heterocycles. The van der Waals surface area contributed by atoms with Gasteiger partial charge in [-0.05, 0) is 52.3 Å². The van der Waals surface area contributed by atoms with E-state index in [4.69, 9.17) is 5.73 Å². The van der Waals surface area contributed by atoms with Crippen molar-refractivity contribution in [2.24, 2.45) is 5.73 Å². The highest BCUT2D eigenvalue weighted by molar-refractivity contribution is 7.01. The maximum Gasteiger partial charge on any atom is 0.117 e. The van der Waals surface area contributed by atoms with E-state index >= 15 is 0 Å². The number of benzene rings is 1. The predicted molar refractivity (Wildman–Crippen MR) is 139 cm³/mol. The van der Waals surface area contributed by atoms with Gasteiger partial charge >= 0.3 is 0 Å². The Morgan fingerprint density at radius 3 is 1.31 bits per heavy atom. The average Bonchev–Trinajstić information content (AvgIpc) is 2.70. The van der Waals surface area contributed by atoms with Gasteiger partial charge in [0.15, 0.2) is 0 Å². The molecule has 0 fully saturated rings. The Bertz CT molecular complexity index is 705. The Balaban J connectivity index is 4.02. The number of hydrogen-bond donors (Lipinski definition) is 1. The summed E-state index contributed by atoms with van der Waals surface area (Å²) in [4.78, 5) is 0. The van der Waals surface area contributed by atoms with Gasteiger partial charge in [-0.1, -0.05) is 66.8 Å². The maximum absolute atomic E-state index is 7.19. The smallest absolute Gasteiger partial charge is 0.117 e. The summed E-state index contributed by atoms with van der Waals surface area (Å²) >= 11 is 0. The van der Waals surface area contributed by atoms with Gasteiger partial charge in [0.05, 0.1) is 0 Å². The first-order valence-electron chi connectivity index (χ1n) is 10.2. The SMILES string of the molecule is C=CC[Si](CC=C)(CC=C)C(N)=C(c1ccccc1)[Si](CC=C)(CC=C)CC=C. The minimum atomic E-state index is -2.11. The highest BCUT2D eigenvalue weighted by atomic mass is 28.3. The van der Waals surface area contributed by atoms with Gasteiger partial charge < -0.3 is 5.73 Å². The molecule has 0 bridgehead atoms. The molecule has 0 aliphatic rings. The third kappa shape index (κ3) is 5.81. The molecule has 2 N–H and O–H groups in total. The van der Waals surface area contributed by atoms with E-state index in [1.54, 1.807) is 0 Å². The first-order valence-corrected chi connectivity index (χ1v) is 15.5. The van der Waals surface area contributed by atoms with Crippen molar-refractivity contribution in [3.05, 3.63) is 117 Å². The molecule has 1 rings (SSSR count). The van der Waals surface area contributed by atoms with Gasteiger partial charge in [-0.2, -0.15) is 0 Å². The molecular formula is C26H37NSi2.